The second kappa shape index (κ2) is 8.36. The largest absolute Gasteiger partial charge is 0.467 e. The third-order valence-electron chi connectivity index (χ3n) is 4.07. The monoisotopic (exact) mass is 456 g/mol. The van der Waals surface area contributed by atoms with Gasteiger partial charge in [0.05, 0.1) is 0 Å². The average molecular weight is 457 g/mol. The number of nitrogens with zero attached hydrogens (tertiary/aromatic N) is 3. The van der Waals surface area contributed by atoms with Gasteiger partial charge in [0.1, 0.15) is 23.2 Å². The number of carbonyl (C=O) groups is 1. The molecular formula is C20H14BrFN4O3. The fourth-order valence-corrected chi connectivity index (χ4v) is 3.15. The van der Waals surface area contributed by atoms with E-state index >= 15 is 0 Å². The molecule has 7 nitrogen and oxygen atoms in total. The standard InChI is InChI=1S/C20H14BrFN4O3/c21-14-3-1-2-12(8-14)9-23-16(27)10-28-19-17-18(13-4-6-15(22)7-5-13)26-29-20(17)25-11-24-19/h1-8,11H,9-10H2,(H,23,27). The Bertz CT molecular complexity index is 1160. The first-order valence-corrected chi connectivity index (χ1v) is 9.40. The summed E-state index contributed by atoms with van der Waals surface area (Å²) in [6, 6.07) is 13.4. The molecule has 2 heterocycles. The van der Waals surface area contributed by atoms with E-state index < -0.39 is 0 Å². The Hall–Kier alpha value is -3.33. The predicted octanol–water partition coefficient (Wildman–Crippen LogP) is 3.88. The maximum Gasteiger partial charge on any atom is 0.265 e. The summed E-state index contributed by atoms with van der Waals surface area (Å²) in [5.41, 5.74) is 2.19. The molecule has 0 unspecified atom stereocenters. The van der Waals surface area contributed by atoms with E-state index in [1.54, 1.807) is 12.1 Å². The Kier molecular flexibility index (Phi) is 5.48. The molecule has 4 aromatic rings. The van der Waals surface area contributed by atoms with Crippen molar-refractivity contribution in [3.8, 4) is 17.1 Å². The highest BCUT2D eigenvalue weighted by atomic mass is 79.9. The second-order valence-electron chi connectivity index (χ2n) is 6.09. The van der Waals surface area contributed by atoms with Gasteiger partial charge in [-0.15, -0.1) is 0 Å². The van der Waals surface area contributed by atoms with Gasteiger partial charge < -0.3 is 14.6 Å². The molecule has 0 radical (unpaired) electrons. The van der Waals surface area contributed by atoms with Gasteiger partial charge in [0.15, 0.2) is 6.61 Å². The van der Waals surface area contributed by atoms with E-state index in [0.717, 1.165) is 10.0 Å². The van der Waals surface area contributed by atoms with Crippen molar-refractivity contribution < 1.29 is 18.4 Å². The summed E-state index contributed by atoms with van der Waals surface area (Å²) in [5.74, 6) is -0.513. The lowest BCUT2D eigenvalue weighted by Gasteiger charge is -2.08. The van der Waals surface area contributed by atoms with Gasteiger partial charge in [0, 0.05) is 16.6 Å². The highest BCUT2D eigenvalue weighted by Gasteiger charge is 2.18. The van der Waals surface area contributed by atoms with E-state index in [-0.39, 0.29) is 29.9 Å². The maximum atomic E-state index is 13.2. The molecule has 29 heavy (non-hydrogen) atoms. The first-order chi connectivity index (χ1) is 14.1. The van der Waals surface area contributed by atoms with E-state index in [2.05, 4.69) is 36.4 Å². The second-order valence-corrected chi connectivity index (χ2v) is 7.01. The molecule has 2 aromatic heterocycles. The topological polar surface area (TPSA) is 90.1 Å². The van der Waals surface area contributed by atoms with Crippen molar-refractivity contribution in [3.05, 3.63) is 70.7 Å². The van der Waals surface area contributed by atoms with E-state index in [1.165, 1.54) is 18.5 Å². The van der Waals surface area contributed by atoms with Gasteiger partial charge in [0.2, 0.25) is 5.88 Å². The third-order valence-corrected chi connectivity index (χ3v) is 4.57. The van der Waals surface area contributed by atoms with Gasteiger partial charge in [-0.2, -0.15) is 4.98 Å². The summed E-state index contributed by atoms with van der Waals surface area (Å²) in [6.45, 7) is 0.128. The molecule has 2 aromatic carbocycles. The Morgan fingerprint density at radius 2 is 2.00 bits per heavy atom. The molecule has 1 N–H and O–H groups in total. The number of benzene rings is 2. The van der Waals surface area contributed by atoms with Gasteiger partial charge in [-0.05, 0) is 42.0 Å². The minimum atomic E-state index is -0.364. The summed E-state index contributed by atoms with van der Waals surface area (Å²) in [5, 5.41) is 7.18. The van der Waals surface area contributed by atoms with Gasteiger partial charge in [-0.3, -0.25) is 4.79 Å². The van der Waals surface area contributed by atoms with Crippen LogP contribution in [0.1, 0.15) is 5.56 Å². The van der Waals surface area contributed by atoms with Crippen LogP contribution in [0, 0.1) is 5.82 Å². The molecule has 0 aliphatic rings. The van der Waals surface area contributed by atoms with E-state index in [1.807, 2.05) is 24.3 Å². The number of hydrogen-bond donors (Lipinski definition) is 1. The molecule has 0 saturated carbocycles. The Labute approximate surface area is 173 Å². The molecule has 0 aliphatic heterocycles. The minimum absolute atomic E-state index is 0.160. The van der Waals surface area contributed by atoms with Crippen LogP contribution in [0.2, 0.25) is 0 Å². The number of amides is 1. The van der Waals surface area contributed by atoms with Crippen LogP contribution in [-0.4, -0.2) is 27.6 Å². The quantitative estimate of drug-likeness (QED) is 0.473. The minimum Gasteiger partial charge on any atom is -0.467 e. The van der Waals surface area contributed by atoms with Gasteiger partial charge >= 0.3 is 0 Å². The predicted molar refractivity (Wildman–Crippen MR) is 106 cm³/mol. The molecule has 1 amide bonds. The SMILES string of the molecule is O=C(COc1ncnc2onc(-c3ccc(F)cc3)c12)NCc1cccc(Br)c1. The van der Waals surface area contributed by atoms with Crippen LogP contribution in [0.25, 0.3) is 22.4 Å². The lowest BCUT2D eigenvalue weighted by atomic mass is 10.1. The average Bonchev–Trinajstić information content (AvgIpc) is 3.16. The highest BCUT2D eigenvalue weighted by molar-refractivity contribution is 9.10. The molecule has 0 bridgehead atoms. The van der Waals surface area contributed by atoms with Crippen molar-refractivity contribution in [2.75, 3.05) is 6.61 Å². The maximum absolute atomic E-state index is 13.2. The van der Waals surface area contributed by atoms with Crippen LogP contribution in [0.3, 0.4) is 0 Å². The Morgan fingerprint density at radius 3 is 2.79 bits per heavy atom. The van der Waals surface area contributed by atoms with Crippen LogP contribution in [0.5, 0.6) is 5.88 Å². The van der Waals surface area contributed by atoms with Crippen molar-refractivity contribution in [2.24, 2.45) is 0 Å². The van der Waals surface area contributed by atoms with E-state index in [4.69, 9.17) is 9.26 Å². The van der Waals surface area contributed by atoms with Gasteiger partial charge in [0.25, 0.3) is 11.6 Å². The smallest absolute Gasteiger partial charge is 0.265 e. The number of fused-ring (bicyclic) bond motifs is 1. The molecule has 0 fully saturated rings. The molecule has 0 spiro atoms. The number of nitrogens with one attached hydrogen (secondary N) is 1. The molecular weight excluding hydrogens is 443 g/mol. The lowest BCUT2D eigenvalue weighted by Crippen LogP contribution is -2.28. The Morgan fingerprint density at radius 1 is 1.17 bits per heavy atom. The third kappa shape index (κ3) is 4.40. The molecule has 146 valence electrons. The van der Waals surface area contributed by atoms with Crippen molar-refractivity contribution in [1.29, 1.82) is 0 Å². The number of halogens is 2. The van der Waals surface area contributed by atoms with Crippen LogP contribution < -0.4 is 10.1 Å². The zero-order valence-electron chi connectivity index (χ0n) is 14.9. The summed E-state index contributed by atoms with van der Waals surface area (Å²) in [4.78, 5) is 20.3. The fourth-order valence-electron chi connectivity index (χ4n) is 2.71. The Balaban J connectivity index is 1.48. The normalized spacial score (nSPS) is 10.8. The molecule has 0 atom stereocenters. The van der Waals surface area contributed by atoms with Crippen LogP contribution in [0.15, 0.2) is 63.9 Å². The first kappa shape index (κ1) is 19.0. The van der Waals surface area contributed by atoms with Crippen molar-refractivity contribution in [2.45, 2.75) is 6.54 Å². The zero-order chi connectivity index (χ0) is 20.2. The number of rotatable bonds is 6. The number of carbonyl (C=O) groups excluding carboxylic acids is 1. The summed E-state index contributed by atoms with van der Waals surface area (Å²) in [7, 11) is 0. The number of ether oxygens (including phenoxy) is 1. The van der Waals surface area contributed by atoms with Crippen molar-refractivity contribution in [1.82, 2.24) is 20.4 Å². The van der Waals surface area contributed by atoms with Gasteiger partial charge in [-0.1, -0.05) is 33.2 Å². The van der Waals surface area contributed by atoms with Crippen LogP contribution >= 0.6 is 15.9 Å². The van der Waals surface area contributed by atoms with Crippen molar-refractivity contribution >= 4 is 32.9 Å². The number of hydrogen-bond acceptors (Lipinski definition) is 6. The molecule has 0 saturated heterocycles. The summed E-state index contributed by atoms with van der Waals surface area (Å²) >= 11 is 3.39. The zero-order valence-corrected chi connectivity index (χ0v) is 16.5. The summed E-state index contributed by atoms with van der Waals surface area (Å²) < 4.78 is 25.0. The first-order valence-electron chi connectivity index (χ1n) is 8.60. The van der Waals surface area contributed by atoms with Gasteiger partial charge in [-0.25, -0.2) is 9.37 Å². The molecule has 0 aliphatic carbocycles. The van der Waals surface area contributed by atoms with Crippen LogP contribution in [-0.2, 0) is 11.3 Å². The summed E-state index contributed by atoms with van der Waals surface area (Å²) in [6.07, 6.45) is 1.26. The lowest BCUT2D eigenvalue weighted by molar-refractivity contribution is -0.123. The molecule has 4 rings (SSSR count). The van der Waals surface area contributed by atoms with Crippen molar-refractivity contribution in [3.63, 3.8) is 0 Å². The highest BCUT2D eigenvalue weighted by Crippen LogP contribution is 2.32. The van der Waals surface area contributed by atoms with E-state index in [9.17, 15) is 9.18 Å². The molecule has 9 heteroatoms. The fraction of sp³-hybridized carbons (Fsp3) is 0.100. The van der Waals surface area contributed by atoms with E-state index in [0.29, 0.717) is 23.2 Å². The number of aromatic nitrogens is 3. The van der Waals surface area contributed by atoms with Crippen LogP contribution in [0.4, 0.5) is 4.39 Å².